The third kappa shape index (κ3) is 4.14. The second-order valence-electron chi connectivity index (χ2n) is 6.92. The molecule has 6 nitrogen and oxygen atoms in total. The fraction of sp³-hybridized carbons (Fsp3) is 0.444. The van der Waals surface area contributed by atoms with E-state index in [1.165, 1.54) is 0 Å². The van der Waals surface area contributed by atoms with E-state index in [2.05, 4.69) is 15.2 Å². The van der Waals surface area contributed by atoms with Gasteiger partial charge < -0.3 is 20.3 Å². The first kappa shape index (κ1) is 18.0. The SMILES string of the molecule is CCn1ccc2ccc(NC(=O)C(=O)NCC(O)C(C)(C)C)cc21. The Labute approximate surface area is 141 Å². The van der Waals surface area contributed by atoms with Crippen molar-refractivity contribution in [2.75, 3.05) is 11.9 Å². The van der Waals surface area contributed by atoms with Crippen LogP contribution in [0.4, 0.5) is 5.69 Å². The summed E-state index contributed by atoms with van der Waals surface area (Å²) in [7, 11) is 0. The number of anilines is 1. The van der Waals surface area contributed by atoms with E-state index in [9.17, 15) is 14.7 Å². The van der Waals surface area contributed by atoms with E-state index in [0.29, 0.717) is 5.69 Å². The zero-order valence-corrected chi connectivity index (χ0v) is 14.6. The van der Waals surface area contributed by atoms with Gasteiger partial charge in [-0.15, -0.1) is 0 Å². The minimum absolute atomic E-state index is 0.0352. The predicted octanol–water partition coefficient (Wildman–Crippen LogP) is 2.12. The number of nitrogens with one attached hydrogen (secondary N) is 2. The molecular formula is C18H25N3O3. The topological polar surface area (TPSA) is 83.4 Å². The van der Waals surface area contributed by atoms with Crippen molar-refractivity contribution in [1.82, 2.24) is 9.88 Å². The van der Waals surface area contributed by atoms with Crippen molar-refractivity contribution in [3.63, 3.8) is 0 Å². The van der Waals surface area contributed by atoms with Crippen LogP contribution >= 0.6 is 0 Å². The molecule has 0 bridgehead atoms. The maximum absolute atomic E-state index is 12.0. The summed E-state index contributed by atoms with van der Waals surface area (Å²) in [6.45, 7) is 8.49. The summed E-state index contributed by atoms with van der Waals surface area (Å²) in [6.07, 6.45) is 1.26. The lowest BCUT2D eigenvalue weighted by atomic mass is 9.89. The van der Waals surface area contributed by atoms with Crippen LogP contribution in [0.25, 0.3) is 10.9 Å². The van der Waals surface area contributed by atoms with Gasteiger partial charge in [0, 0.05) is 25.0 Å². The Morgan fingerprint density at radius 2 is 1.92 bits per heavy atom. The van der Waals surface area contributed by atoms with Crippen molar-refractivity contribution in [2.45, 2.75) is 40.3 Å². The number of fused-ring (bicyclic) bond motifs is 1. The van der Waals surface area contributed by atoms with E-state index >= 15 is 0 Å². The number of carbonyl (C=O) groups excluding carboxylic acids is 2. The highest BCUT2D eigenvalue weighted by Crippen LogP contribution is 2.21. The normalized spacial score (nSPS) is 12.9. The molecule has 0 aliphatic heterocycles. The van der Waals surface area contributed by atoms with Crippen molar-refractivity contribution in [3.05, 3.63) is 30.5 Å². The van der Waals surface area contributed by atoms with E-state index in [0.717, 1.165) is 17.4 Å². The lowest BCUT2D eigenvalue weighted by Gasteiger charge is -2.25. The monoisotopic (exact) mass is 331 g/mol. The third-order valence-electron chi connectivity index (χ3n) is 4.03. The van der Waals surface area contributed by atoms with Gasteiger partial charge in [-0.2, -0.15) is 0 Å². The molecule has 1 atom stereocenters. The van der Waals surface area contributed by atoms with Crippen molar-refractivity contribution in [1.29, 1.82) is 0 Å². The molecule has 0 saturated carbocycles. The number of amides is 2. The van der Waals surface area contributed by atoms with Crippen LogP contribution in [0.5, 0.6) is 0 Å². The zero-order valence-electron chi connectivity index (χ0n) is 14.6. The number of aryl methyl sites for hydroxylation is 1. The van der Waals surface area contributed by atoms with E-state index in [1.807, 2.05) is 52.1 Å². The number of carbonyl (C=O) groups is 2. The Balaban J connectivity index is 2.00. The maximum Gasteiger partial charge on any atom is 0.313 e. The number of nitrogens with zero attached hydrogens (tertiary/aromatic N) is 1. The molecule has 2 rings (SSSR count). The van der Waals surface area contributed by atoms with Gasteiger partial charge in [-0.3, -0.25) is 9.59 Å². The predicted molar refractivity (Wildman–Crippen MR) is 94.7 cm³/mol. The standard InChI is InChI=1S/C18H25N3O3/c1-5-21-9-8-12-6-7-13(10-14(12)21)20-17(24)16(23)19-11-15(22)18(2,3)4/h6-10,15,22H,5,11H2,1-4H3,(H,19,23)(H,20,24). The first-order valence-electron chi connectivity index (χ1n) is 8.08. The van der Waals surface area contributed by atoms with Gasteiger partial charge in [-0.05, 0) is 35.9 Å². The Hall–Kier alpha value is -2.34. The molecule has 0 spiro atoms. The molecule has 2 amide bonds. The Bertz CT molecular complexity index is 744. The van der Waals surface area contributed by atoms with Crippen LogP contribution in [0.3, 0.4) is 0 Å². The fourth-order valence-electron chi connectivity index (χ4n) is 2.30. The van der Waals surface area contributed by atoms with Gasteiger partial charge in [0.2, 0.25) is 0 Å². The Morgan fingerprint density at radius 3 is 2.54 bits per heavy atom. The Morgan fingerprint density at radius 1 is 1.21 bits per heavy atom. The molecule has 1 unspecified atom stereocenters. The van der Waals surface area contributed by atoms with Crippen LogP contribution in [0, 0.1) is 5.41 Å². The quantitative estimate of drug-likeness (QED) is 0.751. The van der Waals surface area contributed by atoms with Gasteiger partial charge in [-0.25, -0.2) is 0 Å². The van der Waals surface area contributed by atoms with Crippen molar-refractivity contribution in [2.24, 2.45) is 5.41 Å². The van der Waals surface area contributed by atoms with Crippen LogP contribution in [-0.2, 0) is 16.1 Å². The molecule has 0 aliphatic rings. The van der Waals surface area contributed by atoms with Crippen LogP contribution in [-0.4, -0.2) is 34.1 Å². The third-order valence-corrected chi connectivity index (χ3v) is 4.03. The average Bonchev–Trinajstić information content (AvgIpc) is 2.93. The lowest BCUT2D eigenvalue weighted by molar-refractivity contribution is -0.136. The summed E-state index contributed by atoms with van der Waals surface area (Å²) < 4.78 is 2.06. The number of benzene rings is 1. The van der Waals surface area contributed by atoms with E-state index in [4.69, 9.17) is 0 Å². The van der Waals surface area contributed by atoms with E-state index in [-0.39, 0.29) is 12.0 Å². The number of aromatic nitrogens is 1. The number of hydrogen-bond donors (Lipinski definition) is 3. The fourth-order valence-corrected chi connectivity index (χ4v) is 2.30. The van der Waals surface area contributed by atoms with Crippen molar-refractivity contribution >= 4 is 28.4 Å². The molecule has 1 heterocycles. The first-order chi connectivity index (χ1) is 11.2. The highest BCUT2D eigenvalue weighted by atomic mass is 16.3. The van der Waals surface area contributed by atoms with Gasteiger partial charge in [-0.1, -0.05) is 26.8 Å². The smallest absolute Gasteiger partial charge is 0.313 e. The molecule has 0 radical (unpaired) electrons. The molecule has 1 aromatic heterocycles. The minimum atomic E-state index is -0.760. The second-order valence-corrected chi connectivity index (χ2v) is 6.92. The van der Waals surface area contributed by atoms with Gasteiger partial charge >= 0.3 is 11.8 Å². The lowest BCUT2D eigenvalue weighted by Crippen LogP contribution is -2.43. The number of rotatable bonds is 4. The molecule has 0 aliphatic carbocycles. The summed E-state index contributed by atoms with van der Waals surface area (Å²) in [5.41, 5.74) is 1.20. The van der Waals surface area contributed by atoms with Crippen molar-refractivity contribution in [3.8, 4) is 0 Å². The Kier molecular flexibility index (Phi) is 5.29. The average molecular weight is 331 g/mol. The summed E-state index contributed by atoms with van der Waals surface area (Å²) in [5, 5.41) is 16.0. The van der Waals surface area contributed by atoms with Crippen LogP contribution in [0.15, 0.2) is 30.5 Å². The molecule has 3 N–H and O–H groups in total. The van der Waals surface area contributed by atoms with Gasteiger partial charge in [0.05, 0.1) is 11.6 Å². The molecule has 130 valence electrons. The minimum Gasteiger partial charge on any atom is -0.391 e. The molecular weight excluding hydrogens is 306 g/mol. The van der Waals surface area contributed by atoms with Gasteiger partial charge in [0.1, 0.15) is 0 Å². The molecule has 6 heteroatoms. The second kappa shape index (κ2) is 7.05. The molecule has 1 aromatic carbocycles. The van der Waals surface area contributed by atoms with Gasteiger partial charge in [0.25, 0.3) is 0 Å². The van der Waals surface area contributed by atoms with Crippen molar-refractivity contribution < 1.29 is 14.7 Å². The number of aliphatic hydroxyl groups excluding tert-OH is 1. The van der Waals surface area contributed by atoms with Crippen LogP contribution < -0.4 is 10.6 Å². The van der Waals surface area contributed by atoms with E-state index in [1.54, 1.807) is 6.07 Å². The molecule has 2 aromatic rings. The summed E-state index contributed by atoms with van der Waals surface area (Å²) in [6, 6.07) is 7.51. The largest absolute Gasteiger partial charge is 0.391 e. The summed E-state index contributed by atoms with van der Waals surface area (Å²) in [4.78, 5) is 23.9. The zero-order chi connectivity index (χ0) is 17.9. The number of hydrogen-bond acceptors (Lipinski definition) is 3. The number of aliphatic hydroxyl groups is 1. The maximum atomic E-state index is 12.0. The summed E-state index contributed by atoms with van der Waals surface area (Å²) >= 11 is 0. The summed E-state index contributed by atoms with van der Waals surface area (Å²) in [5.74, 6) is -1.51. The molecule has 0 fully saturated rings. The van der Waals surface area contributed by atoms with Crippen LogP contribution in [0.1, 0.15) is 27.7 Å². The molecule has 24 heavy (non-hydrogen) atoms. The van der Waals surface area contributed by atoms with E-state index < -0.39 is 17.9 Å². The first-order valence-corrected chi connectivity index (χ1v) is 8.08. The highest BCUT2D eigenvalue weighted by Gasteiger charge is 2.23. The highest BCUT2D eigenvalue weighted by molar-refractivity contribution is 6.39. The van der Waals surface area contributed by atoms with Gasteiger partial charge in [0.15, 0.2) is 0 Å². The molecule has 0 saturated heterocycles. The van der Waals surface area contributed by atoms with Crippen LogP contribution in [0.2, 0.25) is 0 Å².